The molecule has 0 aliphatic heterocycles. The second-order valence-electron chi connectivity index (χ2n) is 6.54. The van der Waals surface area contributed by atoms with Gasteiger partial charge in [0.2, 0.25) is 0 Å². The van der Waals surface area contributed by atoms with Gasteiger partial charge in [0.15, 0.2) is 5.43 Å². The molecule has 0 atom stereocenters. The third-order valence-corrected chi connectivity index (χ3v) is 5.31. The van der Waals surface area contributed by atoms with E-state index in [9.17, 15) is 4.79 Å². The number of fused-ring (bicyclic) bond motifs is 4. The Morgan fingerprint density at radius 2 is 0.917 bits per heavy atom. The van der Waals surface area contributed by atoms with E-state index in [4.69, 9.17) is 0 Å². The number of rotatable bonds is 0. The highest BCUT2D eigenvalue weighted by atomic mass is 16.1. The van der Waals surface area contributed by atoms with Gasteiger partial charge in [-0.15, -0.1) is 0 Å². The first-order valence-corrected chi connectivity index (χ1v) is 8.17. The predicted octanol–water partition coefficient (Wildman–Crippen LogP) is 5.69. The normalized spacial score (nSPS) is 12.3. The molecule has 6 aromatic carbocycles. The van der Waals surface area contributed by atoms with Gasteiger partial charge in [0, 0.05) is 21.5 Å². The van der Waals surface area contributed by atoms with Gasteiger partial charge in [-0.1, -0.05) is 60.7 Å². The van der Waals surface area contributed by atoms with Crippen molar-refractivity contribution in [3.05, 3.63) is 83.0 Å². The van der Waals surface area contributed by atoms with Crippen LogP contribution in [0.25, 0.3) is 53.9 Å². The smallest absolute Gasteiger partial charge is 0.195 e. The van der Waals surface area contributed by atoms with Gasteiger partial charge in [-0.3, -0.25) is 4.79 Å². The maximum Gasteiger partial charge on any atom is 0.195 e. The molecule has 0 N–H and O–H groups in total. The molecule has 0 radical (unpaired) electrons. The molecule has 0 spiro atoms. The van der Waals surface area contributed by atoms with E-state index in [-0.39, 0.29) is 5.43 Å². The Balaban J connectivity index is 2.11. The van der Waals surface area contributed by atoms with Crippen molar-refractivity contribution in [1.82, 2.24) is 0 Å². The van der Waals surface area contributed by atoms with Crippen LogP contribution in [-0.4, -0.2) is 0 Å². The van der Waals surface area contributed by atoms with Crippen LogP contribution in [0, 0.1) is 0 Å². The Kier molecular flexibility index (Phi) is 2.05. The monoisotopic (exact) mass is 304 g/mol. The van der Waals surface area contributed by atoms with E-state index in [1.807, 2.05) is 24.3 Å². The van der Waals surface area contributed by atoms with Crippen molar-refractivity contribution in [2.75, 3.05) is 0 Å². The summed E-state index contributed by atoms with van der Waals surface area (Å²) in [5.41, 5.74) is 0.166. The fourth-order valence-corrected chi connectivity index (χ4v) is 4.32. The first-order chi connectivity index (χ1) is 11.8. The lowest BCUT2D eigenvalue weighted by Gasteiger charge is -2.07. The van der Waals surface area contributed by atoms with Gasteiger partial charge in [-0.05, 0) is 44.5 Å². The van der Waals surface area contributed by atoms with Crippen LogP contribution in [0.5, 0.6) is 0 Å². The van der Waals surface area contributed by atoms with Gasteiger partial charge < -0.3 is 0 Å². The first kappa shape index (κ1) is 12.3. The highest BCUT2D eigenvalue weighted by Gasteiger charge is 2.19. The fourth-order valence-electron chi connectivity index (χ4n) is 4.32. The van der Waals surface area contributed by atoms with Crippen LogP contribution in [0.2, 0.25) is 0 Å². The van der Waals surface area contributed by atoms with Gasteiger partial charge in [-0.25, -0.2) is 0 Å². The zero-order valence-corrected chi connectivity index (χ0v) is 12.8. The van der Waals surface area contributed by atoms with Crippen molar-refractivity contribution < 1.29 is 0 Å². The average Bonchev–Trinajstić information content (AvgIpc) is 2.94. The van der Waals surface area contributed by atoms with Crippen LogP contribution < -0.4 is 5.43 Å². The minimum absolute atomic E-state index is 0.166. The van der Waals surface area contributed by atoms with Crippen molar-refractivity contribution in [2.24, 2.45) is 0 Å². The van der Waals surface area contributed by atoms with Crippen LogP contribution in [-0.2, 0) is 0 Å². The van der Waals surface area contributed by atoms with Crippen molar-refractivity contribution in [3.8, 4) is 0 Å². The van der Waals surface area contributed by atoms with Crippen LogP contribution in [0.15, 0.2) is 77.6 Å². The maximum absolute atomic E-state index is 13.4. The Morgan fingerprint density at radius 1 is 0.458 bits per heavy atom. The molecule has 1 nitrogen and oxygen atoms in total. The Morgan fingerprint density at radius 3 is 1.42 bits per heavy atom. The summed E-state index contributed by atoms with van der Waals surface area (Å²) in [5.74, 6) is 0. The lowest BCUT2D eigenvalue weighted by atomic mass is 9.96. The molecule has 0 aliphatic carbocycles. The summed E-state index contributed by atoms with van der Waals surface area (Å²) in [6.07, 6.45) is 0. The largest absolute Gasteiger partial charge is 0.289 e. The van der Waals surface area contributed by atoms with Gasteiger partial charge in [0.05, 0.1) is 0 Å². The average molecular weight is 304 g/mol. The first-order valence-electron chi connectivity index (χ1n) is 8.17. The van der Waals surface area contributed by atoms with E-state index < -0.39 is 0 Å². The van der Waals surface area contributed by atoms with Gasteiger partial charge in [-0.2, -0.15) is 0 Å². The molecule has 1 heteroatoms. The van der Waals surface area contributed by atoms with Crippen LogP contribution in [0.4, 0.5) is 0 Å². The molecular formula is C23H12O. The third kappa shape index (κ3) is 1.30. The van der Waals surface area contributed by atoms with E-state index in [0.717, 1.165) is 53.9 Å². The molecule has 110 valence electrons. The fraction of sp³-hybridized carbons (Fsp3) is 0. The Hall–Kier alpha value is -3.19. The molecule has 0 heterocycles. The molecule has 0 bridgehead atoms. The summed E-state index contributed by atoms with van der Waals surface area (Å²) >= 11 is 0. The van der Waals surface area contributed by atoms with E-state index in [2.05, 4.69) is 48.5 Å². The summed E-state index contributed by atoms with van der Waals surface area (Å²) in [6.45, 7) is 0. The number of hydrogen-bond acceptors (Lipinski definition) is 1. The number of hydrogen-bond donors (Lipinski definition) is 0. The van der Waals surface area contributed by atoms with Crippen LogP contribution in [0.1, 0.15) is 0 Å². The molecule has 0 amide bonds. The molecule has 24 heavy (non-hydrogen) atoms. The summed E-state index contributed by atoms with van der Waals surface area (Å²) < 4.78 is 0. The minimum atomic E-state index is 0.166. The zero-order valence-electron chi connectivity index (χ0n) is 12.8. The minimum Gasteiger partial charge on any atom is -0.289 e. The van der Waals surface area contributed by atoms with E-state index >= 15 is 0 Å². The molecule has 0 fully saturated rings. The molecule has 0 unspecified atom stereocenters. The lowest BCUT2D eigenvalue weighted by Crippen LogP contribution is -1.95. The highest BCUT2D eigenvalue weighted by Crippen LogP contribution is 2.40. The van der Waals surface area contributed by atoms with E-state index in [1.165, 1.54) is 0 Å². The van der Waals surface area contributed by atoms with Crippen LogP contribution in [0.3, 0.4) is 0 Å². The Labute approximate surface area is 137 Å². The molecule has 0 saturated carbocycles. The van der Waals surface area contributed by atoms with E-state index in [1.54, 1.807) is 0 Å². The molecule has 0 saturated heterocycles. The summed E-state index contributed by atoms with van der Waals surface area (Å²) in [7, 11) is 0. The molecule has 0 aromatic heterocycles. The molecule has 6 aromatic rings. The van der Waals surface area contributed by atoms with Crippen molar-refractivity contribution in [1.29, 1.82) is 0 Å². The highest BCUT2D eigenvalue weighted by molar-refractivity contribution is 6.35. The standard InChI is InChI=1S/C23H12O/c24-23-21-17-7-3-1-5-13(17)11-15-9-10-16-12-14-6-2-4-8-18(14)22(23)20(16)19(15)21/h1-12H. The molecule has 6 rings (SSSR count). The maximum atomic E-state index is 13.4. The third-order valence-electron chi connectivity index (χ3n) is 5.31. The van der Waals surface area contributed by atoms with E-state index in [0.29, 0.717) is 0 Å². The van der Waals surface area contributed by atoms with Crippen LogP contribution >= 0.6 is 0 Å². The van der Waals surface area contributed by atoms with Gasteiger partial charge in [0.25, 0.3) is 0 Å². The SMILES string of the molecule is O=c1c2c3ccccc3cc3ccc4cc5ccccc5c1c4c32. The van der Waals surface area contributed by atoms with Crippen molar-refractivity contribution in [3.63, 3.8) is 0 Å². The lowest BCUT2D eigenvalue weighted by molar-refractivity contribution is 1.80. The summed E-state index contributed by atoms with van der Waals surface area (Å²) in [6, 6.07) is 25.1. The predicted molar refractivity (Wildman–Crippen MR) is 103 cm³/mol. The second-order valence-corrected chi connectivity index (χ2v) is 6.54. The Bertz CT molecular complexity index is 1350. The number of benzene rings is 5. The quantitative estimate of drug-likeness (QED) is 0.260. The molecule has 0 aliphatic rings. The van der Waals surface area contributed by atoms with Gasteiger partial charge >= 0.3 is 0 Å². The summed E-state index contributed by atoms with van der Waals surface area (Å²) in [5, 5.41) is 10.7. The van der Waals surface area contributed by atoms with Crippen molar-refractivity contribution >= 4 is 53.9 Å². The second kappa shape index (κ2) is 4.01. The van der Waals surface area contributed by atoms with Gasteiger partial charge in [0.1, 0.15) is 0 Å². The topological polar surface area (TPSA) is 17.1 Å². The summed E-state index contributed by atoms with van der Waals surface area (Å²) in [4.78, 5) is 13.4. The van der Waals surface area contributed by atoms with Crippen molar-refractivity contribution in [2.45, 2.75) is 0 Å². The molecular weight excluding hydrogens is 292 g/mol. The zero-order chi connectivity index (χ0) is 15.8.